The molecule has 2 fully saturated rings. The number of carbonyl (C=O) groups is 1. The maximum atomic E-state index is 11.9. The van der Waals surface area contributed by atoms with E-state index in [-0.39, 0.29) is 11.3 Å². The van der Waals surface area contributed by atoms with Crippen LogP contribution in [0.15, 0.2) is 36.5 Å². The van der Waals surface area contributed by atoms with E-state index >= 15 is 0 Å². The highest BCUT2D eigenvalue weighted by Crippen LogP contribution is 2.61. The lowest BCUT2D eigenvalue weighted by Crippen LogP contribution is -2.53. The highest BCUT2D eigenvalue weighted by Gasteiger charge is 2.57. The number of allylic oxidation sites excluding steroid dienone is 4. The van der Waals surface area contributed by atoms with Gasteiger partial charge in [0, 0.05) is 0 Å². The molecule has 0 unspecified atom stereocenters. The zero-order chi connectivity index (χ0) is 16.5. The fraction of sp³-hybridized carbons (Fsp3) is 0.650. The molecule has 0 heterocycles. The summed E-state index contributed by atoms with van der Waals surface area (Å²) in [5, 5.41) is 9.81. The number of fused-ring (bicyclic) bond motifs is 1. The number of rotatable bonds is 4. The molecule has 0 radical (unpaired) electrons. The average Bonchev–Trinajstić information content (AvgIpc) is 2.45. The molecule has 2 saturated carbocycles. The van der Waals surface area contributed by atoms with Crippen molar-refractivity contribution >= 4 is 5.97 Å². The van der Waals surface area contributed by atoms with Crippen LogP contribution in [0, 0.1) is 22.7 Å². The fourth-order valence-electron chi connectivity index (χ4n) is 5.03. The Bertz CT molecular complexity index is 516. The third-order valence-electron chi connectivity index (χ3n) is 6.51. The minimum Gasteiger partial charge on any atom is -0.481 e. The molecule has 122 valence electrons. The maximum Gasteiger partial charge on any atom is 0.309 e. The first-order valence-corrected chi connectivity index (χ1v) is 8.46. The second kappa shape index (κ2) is 6.06. The van der Waals surface area contributed by atoms with Gasteiger partial charge in [-0.05, 0) is 63.2 Å². The Labute approximate surface area is 135 Å². The summed E-state index contributed by atoms with van der Waals surface area (Å²) in [6.07, 6.45) is 9.95. The van der Waals surface area contributed by atoms with E-state index in [0.29, 0.717) is 5.92 Å². The Hall–Kier alpha value is -1.31. The molecule has 0 aliphatic heterocycles. The van der Waals surface area contributed by atoms with Gasteiger partial charge in [-0.2, -0.15) is 0 Å². The molecule has 0 saturated heterocycles. The van der Waals surface area contributed by atoms with Gasteiger partial charge in [-0.15, -0.1) is 0 Å². The predicted molar refractivity (Wildman–Crippen MR) is 91.6 cm³/mol. The number of aliphatic carboxylic acids is 1. The Morgan fingerprint density at radius 2 is 2.09 bits per heavy atom. The van der Waals surface area contributed by atoms with Gasteiger partial charge in [0.2, 0.25) is 0 Å². The van der Waals surface area contributed by atoms with Gasteiger partial charge in [0.1, 0.15) is 0 Å². The van der Waals surface area contributed by atoms with E-state index in [9.17, 15) is 9.90 Å². The van der Waals surface area contributed by atoms with Crippen molar-refractivity contribution in [2.75, 3.05) is 0 Å². The maximum absolute atomic E-state index is 11.9. The van der Waals surface area contributed by atoms with Crippen molar-refractivity contribution in [1.82, 2.24) is 0 Å². The van der Waals surface area contributed by atoms with Crippen molar-refractivity contribution in [1.29, 1.82) is 0 Å². The molecule has 0 bridgehead atoms. The molecule has 2 nitrogen and oxygen atoms in total. The molecule has 0 spiro atoms. The summed E-state index contributed by atoms with van der Waals surface area (Å²) in [4.78, 5) is 11.9. The van der Waals surface area contributed by atoms with E-state index in [0.717, 1.165) is 38.5 Å². The Morgan fingerprint density at radius 1 is 1.41 bits per heavy atom. The summed E-state index contributed by atoms with van der Waals surface area (Å²) in [5.41, 5.74) is 1.97. The van der Waals surface area contributed by atoms with Crippen LogP contribution in [0.2, 0.25) is 0 Å². The number of hydrogen-bond acceptors (Lipinski definition) is 1. The smallest absolute Gasteiger partial charge is 0.309 e. The van der Waals surface area contributed by atoms with E-state index in [4.69, 9.17) is 0 Å². The van der Waals surface area contributed by atoms with E-state index in [2.05, 4.69) is 33.1 Å². The van der Waals surface area contributed by atoms with Crippen LogP contribution in [0.1, 0.15) is 59.3 Å². The molecule has 22 heavy (non-hydrogen) atoms. The quantitative estimate of drug-likeness (QED) is 0.559. The standard InChI is InChI=1S/C20H30O2/c1-6-14(2)8-10-16-15(3)9-11-17-19(16,4)12-7-13-20(17,5)18(21)22/h6,8,16-17H,1,3,7,9-13H2,2,4-5H3,(H,21,22)/b14-8-/t16-,17+,19+,20+/m0/s1. The summed E-state index contributed by atoms with van der Waals surface area (Å²) in [7, 11) is 0. The third kappa shape index (κ3) is 2.68. The zero-order valence-electron chi connectivity index (χ0n) is 14.3. The van der Waals surface area contributed by atoms with E-state index < -0.39 is 11.4 Å². The molecular weight excluding hydrogens is 272 g/mol. The monoisotopic (exact) mass is 302 g/mol. The van der Waals surface area contributed by atoms with Crippen molar-refractivity contribution in [3.63, 3.8) is 0 Å². The van der Waals surface area contributed by atoms with Gasteiger partial charge in [-0.1, -0.05) is 49.8 Å². The molecule has 0 aromatic heterocycles. The minimum absolute atomic E-state index is 0.0542. The topological polar surface area (TPSA) is 37.3 Å². The number of hydrogen-bond donors (Lipinski definition) is 1. The van der Waals surface area contributed by atoms with Gasteiger partial charge in [0.25, 0.3) is 0 Å². The molecule has 0 aromatic rings. The minimum atomic E-state index is -0.618. The Balaban J connectivity index is 2.36. The second-order valence-electron chi connectivity index (χ2n) is 7.77. The van der Waals surface area contributed by atoms with Gasteiger partial charge in [-0.3, -0.25) is 4.79 Å². The summed E-state index contributed by atoms with van der Waals surface area (Å²) >= 11 is 0. The molecule has 1 N–H and O–H groups in total. The SMILES string of the molecule is C=C/C(C)=C\C[C@H]1C(=C)CC[C@@H]2[C@]1(C)CCC[C@@]2(C)C(=O)O. The van der Waals surface area contributed by atoms with Crippen LogP contribution in [-0.2, 0) is 4.79 Å². The van der Waals surface area contributed by atoms with Crippen LogP contribution in [0.5, 0.6) is 0 Å². The molecule has 2 heteroatoms. The first kappa shape index (κ1) is 17.1. The predicted octanol–water partition coefficient (Wildman–Crippen LogP) is 5.37. The Morgan fingerprint density at radius 3 is 2.68 bits per heavy atom. The van der Waals surface area contributed by atoms with Gasteiger partial charge in [0.05, 0.1) is 5.41 Å². The first-order chi connectivity index (χ1) is 10.3. The summed E-state index contributed by atoms with van der Waals surface area (Å²) in [6, 6.07) is 0. The van der Waals surface area contributed by atoms with Crippen LogP contribution in [0.3, 0.4) is 0 Å². The molecule has 2 aliphatic rings. The average molecular weight is 302 g/mol. The zero-order valence-corrected chi connectivity index (χ0v) is 14.3. The van der Waals surface area contributed by atoms with E-state index in [1.807, 2.05) is 13.0 Å². The third-order valence-corrected chi connectivity index (χ3v) is 6.51. The van der Waals surface area contributed by atoms with Gasteiger partial charge < -0.3 is 5.11 Å². The second-order valence-corrected chi connectivity index (χ2v) is 7.77. The molecule has 4 atom stereocenters. The summed E-state index contributed by atoms with van der Waals surface area (Å²) < 4.78 is 0. The van der Waals surface area contributed by atoms with Crippen LogP contribution >= 0.6 is 0 Å². The number of carboxylic acids is 1. The van der Waals surface area contributed by atoms with Crippen LogP contribution in [-0.4, -0.2) is 11.1 Å². The fourth-order valence-corrected chi connectivity index (χ4v) is 5.03. The summed E-state index contributed by atoms with van der Waals surface area (Å²) in [6.45, 7) is 14.5. The number of carboxylic acid groups (broad SMARTS) is 1. The molecule has 2 aliphatic carbocycles. The Kier molecular flexibility index (Phi) is 4.70. The lowest BCUT2D eigenvalue weighted by molar-refractivity contribution is -0.164. The highest BCUT2D eigenvalue weighted by molar-refractivity contribution is 5.75. The molecule has 0 aromatic carbocycles. The largest absolute Gasteiger partial charge is 0.481 e. The van der Waals surface area contributed by atoms with E-state index in [1.54, 1.807) is 0 Å². The van der Waals surface area contributed by atoms with Crippen molar-refractivity contribution in [3.8, 4) is 0 Å². The molecular formula is C20H30O2. The van der Waals surface area contributed by atoms with Crippen molar-refractivity contribution < 1.29 is 9.90 Å². The molecule has 0 amide bonds. The van der Waals surface area contributed by atoms with Crippen LogP contribution in [0.25, 0.3) is 0 Å². The van der Waals surface area contributed by atoms with Crippen LogP contribution < -0.4 is 0 Å². The first-order valence-electron chi connectivity index (χ1n) is 8.46. The lowest BCUT2D eigenvalue weighted by Gasteiger charge is -2.57. The normalized spacial score (nSPS) is 39.2. The van der Waals surface area contributed by atoms with Gasteiger partial charge in [-0.25, -0.2) is 0 Å². The van der Waals surface area contributed by atoms with Crippen LogP contribution in [0.4, 0.5) is 0 Å². The van der Waals surface area contributed by atoms with Crippen molar-refractivity contribution in [2.45, 2.75) is 59.3 Å². The molecule has 2 rings (SSSR count). The van der Waals surface area contributed by atoms with Crippen molar-refractivity contribution in [3.05, 3.63) is 36.5 Å². The summed E-state index contributed by atoms with van der Waals surface area (Å²) in [5.74, 6) is 0.0202. The highest BCUT2D eigenvalue weighted by atomic mass is 16.4. The van der Waals surface area contributed by atoms with Gasteiger partial charge in [0.15, 0.2) is 0 Å². The van der Waals surface area contributed by atoms with Crippen molar-refractivity contribution in [2.24, 2.45) is 22.7 Å². The lowest BCUT2D eigenvalue weighted by atomic mass is 9.46. The van der Waals surface area contributed by atoms with E-state index in [1.165, 1.54) is 11.1 Å². The van der Waals surface area contributed by atoms with Gasteiger partial charge >= 0.3 is 5.97 Å².